The molecule has 0 radical (unpaired) electrons. The van der Waals surface area contributed by atoms with E-state index in [1.165, 1.54) is 32.2 Å². The average Bonchev–Trinajstić information content (AvgIpc) is 3.31. The second-order valence-electron chi connectivity index (χ2n) is 6.38. The Balaban J connectivity index is 1.28. The van der Waals surface area contributed by atoms with Crippen molar-refractivity contribution in [1.82, 2.24) is 5.32 Å². The van der Waals surface area contributed by atoms with E-state index >= 15 is 0 Å². The van der Waals surface area contributed by atoms with Gasteiger partial charge in [-0.1, -0.05) is 12.1 Å². The van der Waals surface area contributed by atoms with E-state index in [1.807, 2.05) is 18.2 Å². The first-order chi connectivity index (χ1) is 9.36. The molecule has 3 heteroatoms. The van der Waals surface area contributed by atoms with Crippen LogP contribution in [0.3, 0.4) is 0 Å². The predicted molar refractivity (Wildman–Crippen MR) is 76.6 cm³/mol. The van der Waals surface area contributed by atoms with Crippen LogP contribution in [0.5, 0.6) is 5.75 Å². The highest BCUT2D eigenvalue weighted by atomic mass is 16.5. The van der Waals surface area contributed by atoms with Crippen LogP contribution < -0.4 is 15.4 Å². The van der Waals surface area contributed by atoms with Gasteiger partial charge >= 0.3 is 0 Å². The van der Waals surface area contributed by atoms with Crippen molar-refractivity contribution in [1.29, 1.82) is 0 Å². The Kier molecular flexibility index (Phi) is 2.69. The molecule has 3 aliphatic rings. The van der Waals surface area contributed by atoms with Crippen LogP contribution in [0.15, 0.2) is 24.3 Å². The monoisotopic (exact) mass is 258 g/mol. The van der Waals surface area contributed by atoms with E-state index in [0.717, 1.165) is 30.4 Å². The molecular weight excluding hydrogens is 236 g/mol. The summed E-state index contributed by atoms with van der Waals surface area (Å²) < 4.78 is 6.02. The number of anilines is 1. The summed E-state index contributed by atoms with van der Waals surface area (Å²) in [5, 5.41) is 7.09. The lowest BCUT2D eigenvalue weighted by Crippen LogP contribution is -2.41. The van der Waals surface area contributed by atoms with Crippen LogP contribution in [-0.2, 0) is 0 Å². The SMILES string of the molecule is c1ccc2c(c1)NCC(CNCC1(C3CC3)CC1)O2. The molecular formula is C16H22N2O. The van der Waals surface area contributed by atoms with Crippen LogP contribution in [-0.4, -0.2) is 25.7 Å². The highest BCUT2D eigenvalue weighted by molar-refractivity contribution is 5.57. The highest BCUT2D eigenvalue weighted by Gasteiger charge is 2.53. The number of nitrogens with one attached hydrogen (secondary N) is 2. The fourth-order valence-electron chi connectivity index (χ4n) is 3.34. The number of rotatable bonds is 5. The number of benzene rings is 1. The highest BCUT2D eigenvalue weighted by Crippen LogP contribution is 2.60. The molecule has 0 amide bonds. The summed E-state index contributed by atoms with van der Waals surface area (Å²) in [7, 11) is 0. The lowest BCUT2D eigenvalue weighted by molar-refractivity contribution is 0.197. The minimum atomic E-state index is 0.255. The molecule has 0 aromatic heterocycles. The third-order valence-electron chi connectivity index (χ3n) is 4.89. The van der Waals surface area contributed by atoms with Crippen LogP contribution in [0, 0.1) is 11.3 Å². The summed E-state index contributed by atoms with van der Waals surface area (Å²) in [6, 6.07) is 8.19. The lowest BCUT2D eigenvalue weighted by atomic mass is 10.0. The van der Waals surface area contributed by atoms with Gasteiger partial charge in [-0.15, -0.1) is 0 Å². The number of hydrogen-bond donors (Lipinski definition) is 2. The molecule has 1 aromatic carbocycles. The Morgan fingerprint density at radius 1 is 1.26 bits per heavy atom. The van der Waals surface area contributed by atoms with Gasteiger partial charge in [0.25, 0.3) is 0 Å². The molecule has 2 saturated carbocycles. The molecule has 4 rings (SSSR count). The number of fused-ring (bicyclic) bond motifs is 1. The minimum Gasteiger partial charge on any atom is -0.485 e. The molecule has 19 heavy (non-hydrogen) atoms. The predicted octanol–water partition coefficient (Wildman–Crippen LogP) is 2.64. The van der Waals surface area contributed by atoms with Crippen molar-refractivity contribution in [2.75, 3.05) is 25.0 Å². The maximum Gasteiger partial charge on any atom is 0.142 e. The van der Waals surface area contributed by atoms with Gasteiger partial charge < -0.3 is 15.4 Å². The fourth-order valence-corrected chi connectivity index (χ4v) is 3.34. The standard InChI is InChI=1S/C16H22N2O/c1-2-4-15-14(3-1)18-10-13(19-15)9-17-11-16(7-8-16)12-5-6-12/h1-4,12-13,17-18H,5-11H2. The van der Waals surface area contributed by atoms with E-state index in [1.54, 1.807) is 0 Å². The topological polar surface area (TPSA) is 33.3 Å². The third-order valence-corrected chi connectivity index (χ3v) is 4.89. The normalized spacial score (nSPS) is 27.1. The van der Waals surface area contributed by atoms with Crippen molar-refractivity contribution in [3.8, 4) is 5.75 Å². The summed E-state index contributed by atoms with van der Waals surface area (Å²) in [6.45, 7) is 3.05. The van der Waals surface area contributed by atoms with Gasteiger partial charge in [-0.05, 0) is 49.1 Å². The molecule has 1 atom stereocenters. The third kappa shape index (κ3) is 2.32. The smallest absolute Gasteiger partial charge is 0.142 e. The molecule has 1 unspecified atom stereocenters. The van der Waals surface area contributed by atoms with Crippen LogP contribution in [0.2, 0.25) is 0 Å². The molecule has 2 fully saturated rings. The van der Waals surface area contributed by atoms with E-state index < -0.39 is 0 Å². The van der Waals surface area contributed by atoms with Gasteiger partial charge in [-0.3, -0.25) is 0 Å². The van der Waals surface area contributed by atoms with Crippen LogP contribution in [0.25, 0.3) is 0 Å². The number of ether oxygens (including phenoxy) is 1. The van der Waals surface area contributed by atoms with Gasteiger partial charge in [0, 0.05) is 13.1 Å². The largest absolute Gasteiger partial charge is 0.485 e. The molecule has 1 aliphatic heterocycles. The van der Waals surface area contributed by atoms with E-state index in [0.29, 0.717) is 5.41 Å². The Hall–Kier alpha value is -1.22. The Morgan fingerprint density at radius 3 is 2.89 bits per heavy atom. The molecule has 1 heterocycles. The van der Waals surface area contributed by atoms with Crippen molar-refractivity contribution in [2.45, 2.75) is 31.8 Å². The van der Waals surface area contributed by atoms with Crippen LogP contribution >= 0.6 is 0 Å². The first-order valence-corrected chi connectivity index (χ1v) is 7.56. The second kappa shape index (κ2) is 4.41. The minimum absolute atomic E-state index is 0.255. The lowest BCUT2D eigenvalue weighted by Gasteiger charge is -2.28. The first kappa shape index (κ1) is 11.6. The Morgan fingerprint density at radius 2 is 2.11 bits per heavy atom. The van der Waals surface area contributed by atoms with Crippen LogP contribution in [0.1, 0.15) is 25.7 Å². The summed E-state index contributed by atoms with van der Waals surface area (Å²) in [5.41, 5.74) is 1.80. The van der Waals surface area contributed by atoms with Gasteiger partial charge in [-0.2, -0.15) is 0 Å². The summed E-state index contributed by atoms with van der Waals surface area (Å²) in [4.78, 5) is 0. The van der Waals surface area contributed by atoms with Gasteiger partial charge in [0.2, 0.25) is 0 Å². The maximum absolute atomic E-state index is 6.02. The molecule has 2 N–H and O–H groups in total. The average molecular weight is 258 g/mol. The van der Waals surface area contributed by atoms with Crippen molar-refractivity contribution >= 4 is 5.69 Å². The quantitative estimate of drug-likeness (QED) is 0.852. The molecule has 102 valence electrons. The van der Waals surface area contributed by atoms with Gasteiger partial charge in [0.05, 0.1) is 12.2 Å². The summed E-state index contributed by atoms with van der Waals surface area (Å²) in [6.07, 6.45) is 6.08. The fraction of sp³-hybridized carbons (Fsp3) is 0.625. The Bertz CT molecular complexity index is 466. The summed E-state index contributed by atoms with van der Waals surface area (Å²) >= 11 is 0. The van der Waals surface area contributed by atoms with E-state index in [-0.39, 0.29) is 6.10 Å². The van der Waals surface area contributed by atoms with E-state index in [9.17, 15) is 0 Å². The van der Waals surface area contributed by atoms with Gasteiger partial charge in [-0.25, -0.2) is 0 Å². The number of hydrogen-bond acceptors (Lipinski definition) is 3. The molecule has 0 spiro atoms. The van der Waals surface area contributed by atoms with Crippen molar-refractivity contribution in [2.24, 2.45) is 11.3 Å². The molecule has 2 aliphatic carbocycles. The van der Waals surface area contributed by atoms with E-state index in [4.69, 9.17) is 4.74 Å². The van der Waals surface area contributed by atoms with Crippen molar-refractivity contribution < 1.29 is 4.74 Å². The molecule has 3 nitrogen and oxygen atoms in total. The number of para-hydroxylation sites is 2. The van der Waals surface area contributed by atoms with Gasteiger partial charge in [0.15, 0.2) is 0 Å². The molecule has 0 bridgehead atoms. The van der Waals surface area contributed by atoms with Gasteiger partial charge in [0.1, 0.15) is 11.9 Å². The first-order valence-electron chi connectivity index (χ1n) is 7.56. The zero-order valence-corrected chi connectivity index (χ0v) is 11.3. The maximum atomic E-state index is 6.02. The zero-order chi connectivity index (χ0) is 12.7. The molecule has 1 aromatic rings. The van der Waals surface area contributed by atoms with Crippen molar-refractivity contribution in [3.63, 3.8) is 0 Å². The van der Waals surface area contributed by atoms with E-state index in [2.05, 4.69) is 16.7 Å². The molecule has 0 saturated heterocycles. The second-order valence-corrected chi connectivity index (χ2v) is 6.38. The summed E-state index contributed by atoms with van der Waals surface area (Å²) in [5.74, 6) is 2.02. The van der Waals surface area contributed by atoms with Crippen molar-refractivity contribution in [3.05, 3.63) is 24.3 Å². The Labute approximate surface area is 114 Å². The van der Waals surface area contributed by atoms with Crippen LogP contribution in [0.4, 0.5) is 5.69 Å². The zero-order valence-electron chi connectivity index (χ0n) is 11.3.